The van der Waals surface area contributed by atoms with E-state index in [1.165, 1.54) is 11.3 Å². The van der Waals surface area contributed by atoms with Crippen molar-refractivity contribution in [3.63, 3.8) is 0 Å². The number of carbonyl (C=O) groups excluding carboxylic acids is 1. The molecule has 8 nitrogen and oxygen atoms in total. The smallest absolute Gasteiger partial charge is 0.261 e. The number of anilines is 2. The highest BCUT2D eigenvalue weighted by atomic mass is 35.5. The van der Waals surface area contributed by atoms with Gasteiger partial charge in [-0.3, -0.25) is 4.79 Å². The molecule has 3 heterocycles. The van der Waals surface area contributed by atoms with Crippen molar-refractivity contribution in [2.75, 3.05) is 50.2 Å². The van der Waals surface area contributed by atoms with Crippen molar-refractivity contribution in [1.82, 2.24) is 20.3 Å². The highest BCUT2D eigenvalue weighted by Crippen LogP contribution is 2.21. The van der Waals surface area contributed by atoms with Gasteiger partial charge in [-0.05, 0) is 12.1 Å². The van der Waals surface area contributed by atoms with Crippen molar-refractivity contribution in [2.24, 2.45) is 0 Å². The molecule has 1 saturated heterocycles. The first-order valence-corrected chi connectivity index (χ1v) is 9.01. The van der Waals surface area contributed by atoms with Crippen LogP contribution in [0, 0.1) is 0 Å². The summed E-state index contributed by atoms with van der Waals surface area (Å²) in [6, 6.07) is 3.39. The number of halogens is 1. The molecule has 0 spiro atoms. The van der Waals surface area contributed by atoms with Crippen LogP contribution in [0.25, 0.3) is 0 Å². The number of nitrogens with zero attached hydrogens (tertiary/aromatic N) is 5. The normalized spacial score (nSPS) is 14.4. The molecule has 0 aliphatic carbocycles. The standard InChI is InChI=1S/C15H19ClN6O2S/c1-21(2)14-18-12(9-17-13(23)10-3-4-11(16)25-10)19-15(20-14)22-5-7-24-8-6-22/h3-4H,5-9H2,1-2H3,(H,17,23). The van der Waals surface area contributed by atoms with Crippen LogP contribution in [-0.2, 0) is 11.3 Å². The number of nitrogens with one attached hydrogen (secondary N) is 1. The van der Waals surface area contributed by atoms with Gasteiger partial charge in [0.05, 0.1) is 29.0 Å². The summed E-state index contributed by atoms with van der Waals surface area (Å²) in [5.74, 6) is 1.47. The number of amides is 1. The van der Waals surface area contributed by atoms with Gasteiger partial charge in [-0.15, -0.1) is 11.3 Å². The van der Waals surface area contributed by atoms with Gasteiger partial charge in [0.1, 0.15) is 0 Å². The molecule has 3 rings (SSSR count). The molecule has 134 valence electrons. The first-order chi connectivity index (χ1) is 12.0. The van der Waals surface area contributed by atoms with Crippen LogP contribution in [0.5, 0.6) is 0 Å². The lowest BCUT2D eigenvalue weighted by Gasteiger charge is -2.27. The van der Waals surface area contributed by atoms with Crippen molar-refractivity contribution in [2.45, 2.75) is 6.54 Å². The number of aromatic nitrogens is 3. The quantitative estimate of drug-likeness (QED) is 0.837. The van der Waals surface area contributed by atoms with Crippen LogP contribution in [-0.4, -0.2) is 61.3 Å². The predicted octanol–water partition coefficient (Wildman–Crippen LogP) is 1.42. The number of hydrogen-bond acceptors (Lipinski definition) is 8. The topological polar surface area (TPSA) is 83.5 Å². The maximum absolute atomic E-state index is 12.2. The second kappa shape index (κ2) is 7.94. The Kier molecular flexibility index (Phi) is 5.67. The van der Waals surface area contributed by atoms with E-state index in [-0.39, 0.29) is 12.5 Å². The van der Waals surface area contributed by atoms with Crippen LogP contribution in [0.4, 0.5) is 11.9 Å². The molecule has 0 radical (unpaired) electrons. The lowest BCUT2D eigenvalue weighted by molar-refractivity contribution is 0.0954. The molecule has 2 aromatic rings. The highest BCUT2D eigenvalue weighted by Gasteiger charge is 2.18. The van der Waals surface area contributed by atoms with Crippen molar-refractivity contribution in [3.05, 3.63) is 27.2 Å². The summed E-state index contributed by atoms with van der Waals surface area (Å²) in [6.45, 7) is 2.98. The van der Waals surface area contributed by atoms with Crippen LogP contribution >= 0.6 is 22.9 Å². The van der Waals surface area contributed by atoms with Crippen molar-refractivity contribution >= 4 is 40.7 Å². The molecule has 0 aromatic carbocycles. The largest absolute Gasteiger partial charge is 0.378 e. The average molecular weight is 383 g/mol. The van der Waals surface area contributed by atoms with E-state index in [0.29, 0.717) is 40.1 Å². The van der Waals surface area contributed by atoms with Crippen LogP contribution in [0.2, 0.25) is 4.34 Å². The summed E-state index contributed by atoms with van der Waals surface area (Å²) < 4.78 is 5.95. The third kappa shape index (κ3) is 4.56. The summed E-state index contributed by atoms with van der Waals surface area (Å²) in [4.78, 5) is 30.0. The minimum Gasteiger partial charge on any atom is -0.378 e. The maximum Gasteiger partial charge on any atom is 0.261 e. The van der Waals surface area contributed by atoms with Gasteiger partial charge in [0.2, 0.25) is 11.9 Å². The third-order valence-electron chi connectivity index (χ3n) is 3.56. The minimum absolute atomic E-state index is 0.198. The van der Waals surface area contributed by atoms with E-state index in [1.54, 1.807) is 12.1 Å². The lowest BCUT2D eigenvalue weighted by atomic mass is 10.4. The molecule has 0 bridgehead atoms. The van der Waals surface area contributed by atoms with E-state index in [0.717, 1.165) is 13.1 Å². The summed E-state index contributed by atoms with van der Waals surface area (Å²) in [5.41, 5.74) is 0. The molecule has 0 unspecified atom stereocenters. The highest BCUT2D eigenvalue weighted by molar-refractivity contribution is 7.17. The molecule has 1 fully saturated rings. The Morgan fingerprint density at radius 1 is 1.32 bits per heavy atom. The number of thiophene rings is 1. The maximum atomic E-state index is 12.2. The molecule has 1 aliphatic rings. The van der Waals surface area contributed by atoms with Gasteiger partial charge in [0.25, 0.3) is 5.91 Å². The van der Waals surface area contributed by atoms with Gasteiger partial charge in [0, 0.05) is 27.2 Å². The monoisotopic (exact) mass is 382 g/mol. The fourth-order valence-corrected chi connectivity index (χ4v) is 3.22. The van der Waals surface area contributed by atoms with E-state index >= 15 is 0 Å². The second-order valence-corrected chi connectivity index (χ2v) is 7.35. The third-order valence-corrected chi connectivity index (χ3v) is 4.79. The van der Waals surface area contributed by atoms with E-state index in [2.05, 4.69) is 25.2 Å². The summed E-state index contributed by atoms with van der Waals surface area (Å²) in [6.07, 6.45) is 0. The molecule has 0 atom stereocenters. The second-order valence-electron chi connectivity index (χ2n) is 5.63. The Labute approximate surface area is 154 Å². The van der Waals surface area contributed by atoms with Crippen LogP contribution in [0.1, 0.15) is 15.5 Å². The number of hydrogen-bond donors (Lipinski definition) is 1. The molecular weight excluding hydrogens is 364 g/mol. The van der Waals surface area contributed by atoms with E-state index in [1.807, 2.05) is 19.0 Å². The van der Waals surface area contributed by atoms with Crippen LogP contribution in [0.3, 0.4) is 0 Å². The fraction of sp³-hybridized carbons (Fsp3) is 0.467. The SMILES string of the molecule is CN(C)c1nc(CNC(=O)c2ccc(Cl)s2)nc(N2CCOCC2)n1. The molecule has 1 aliphatic heterocycles. The minimum atomic E-state index is -0.198. The lowest BCUT2D eigenvalue weighted by Crippen LogP contribution is -2.38. The number of carbonyl (C=O) groups is 1. The first kappa shape index (κ1) is 17.8. The van der Waals surface area contributed by atoms with Crippen LogP contribution in [0.15, 0.2) is 12.1 Å². The Hall–Kier alpha value is -1.97. The molecule has 2 aromatic heterocycles. The van der Waals surface area contributed by atoms with Gasteiger partial charge < -0.3 is 19.9 Å². The van der Waals surface area contributed by atoms with Crippen LogP contribution < -0.4 is 15.1 Å². The van der Waals surface area contributed by atoms with Gasteiger partial charge in [-0.1, -0.05) is 11.6 Å². The zero-order chi connectivity index (χ0) is 17.8. The van der Waals surface area contributed by atoms with Gasteiger partial charge in [-0.2, -0.15) is 15.0 Å². The summed E-state index contributed by atoms with van der Waals surface area (Å²) in [5, 5.41) is 2.82. The molecule has 1 N–H and O–H groups in total. The first-order valence-electron chi connectivity index (χ1n) is 7.81. The molecule has 1 amide bonds. The zero-order valence-corrected chi connectivity index (χ0v) is 15.6. The van der Waals surface area contributed by atoms with Crippen molar-refractivity contribution < 1.29 is 9.53 Å². The Balaban J connectivity index is 1.75. The van der Waals surface area contributed by atoms with Crippen molar-refractivity contribution in [3.8, 4) is 0 Å². The predicted molar refractivity (Wildman–Crippen MR) is 97.7 cm³/mol. The zero-order valence-electron chi connectivity index (χ0n) is 14.0. The molecule has 25 heavy (non-hydrogen) atoms. The fourth-order valence-electron chi connectivity index (χ4n) is 2.26. The van der Waals surface area contributed by atoms with E-state index in [4.69, 9.17) is 16.3 Å². The van der Waals surface area contributed by atoms with Gasteiger partial charge in [-0.25, -0.2) is 0 Å². The molecule has 0 saturated carbocycles. The van der Waals surface area contributed by atoms with Gasteiger partial charge >= 0.3 is 0 Å². The average Bonchev–Trinajstić information content (AvgIpc) is 3.06. The van der Waals surface area contributed by atoms with Gasteiger partial charge in [0.15, 0.2) is 5.82 Å². The Morgan fingerprint density at radius 3 is 2.72 bits per heavy atom. The summed E-state index contributed by atoms with van der Waals surface area (Å²) >= 11 is 7.10. The Bertz CT molecular complexity index is 747. The molecule has 10 heteroatoms. The number of rotatable bonds is 5. The molecular formula is C15H19ClN6O2S. The van der Waals surface area contributed by atoms with Crippen molar-refractivity contribution in [1.29, 1.82) is 0 Å². The van der Waals surface area contributed by atoms with E-state index in [9.17, 15) is 4.79 Å². The number of ether oxygens (including phenoxy) is 1. The summed E-state index contributed by atoms with van der Waals surface area (Å²) in [7, 11) is 3.74. The number of morpholine rings is 1. The van der Waals surface area contributed by atoms with E-state index < -0.39 is 0 Å². The Morgan fingerprint density at radius 2 is 2.08 bits per heavy atom.